The maximum absolute atomic E-state index is 9.92. The summed E-state index contributed by atoms with van der Waals surface area (Å²) < 4.78 is 5.27. The van der Waals surface area contributed by atoms with E-state index in [4.69, 9.17) is 4.74 Å². The Balaban J connectivity index is 1.56. The van der Waals surface area contributed by atoms with Crippen LogP contribution in [0.5, 0.6) is 0 Å². The lowest BCUT2D eigenvalue weighted by molar-refractivity contribution is 0.0639. The van der Waals surface area contributed by atoms with Crippen molar-refractivity contribution in [1.82, 2.24) is 5.32 Å². The van der Waals surface area contributed by atoms with E-state index in [1.54, 1.807) is 7.11 Å². The number of methoxy groups -OCH3 is 1. The molecular formula is C15H29NO2. The van der Waals surface area contributed by atoms with Crippen LogP contribution in [0.15, 0.2) is 0 Å². The van der Waals surface area contributed by atoms with E-state index in [1.807, 2.05) is 0 Å². The smallest absolute Gasteiger partial charge is 0.0618 e. The molecule has 2 N–H and O–H groups in total. The molecule has 18 heavy (non-hydrogen) atoms. The second-order valence-electron chi connectivity index (χ2n) is 6.11. The minimum absolute atomic E-state index is 0.0306. The number of nitrogens with one attached hydrogen (secondary N) is 1. The molecule has 0 bridgehead atoms. The fraction of sp³-hybridized carbons (Fsp3) is 1.00. The van der Waals surface area contributed by atoms with Gasteiger partial charge in [0.15, 0.2) is 0 Å². The van der Waals surface area contributed by atoms with Crippen molar-refractivity contribution < 1.29 is 9.84 Å². The van der Waals surface area contributed by atoms with Crippen LogP contribution in [0, 0.1) is 11.8 Å². The van der Waals surface area contributed by atoms with E-state index in [2.05, 4.69) is 5.32 Å². The van der Waals surface area contributed by atoms with Gasteiger partial charge in [0.25, 0.3) is 0 Å². The van der Waals surface area contributed by atoms with Gasteiger partial charge in [-0.15, -0.1) is 0 Å². The molecule has 0 amide bonds. The Hall–Kier alpha value is -0.120. The fourth-order valence-corrected chi connectivity index (χ4v) is 3.22. The highest BCUT2D eigenvalue weighted by Gasteiger charge is 2.30. The molecule has 106 valence electrons. The Morgan fingerprint density at radius 1 is 1.22 bits per heavy atom. The van der Waals surface area contributed by atoms with Crippen molar-refractivity contribution in [1.29, 1.82) is 0 Å². The molecule has 0 radical (unpaired) electrons. The molecule has 0 aliphatic heterocycles. The van der Waals surface area contributed by atoms with Gasteiger partial charge in [0, 0.05) is 13.2 Å². The van der Waals surface area contributed by atoms with Gasteiger partial charge in [-0.25, -0.2) is 0 Å². The maximum Gasteiger partial charge on any atom is 0.0618 e. The molecule has 0 aromatic carbocycles. The first-order valence-electron chi connectivity index (χ1n) is 7.71. The molecule has 2 fully saturated rings. The van der Waals surface area contributed by atoms with Crippen molar-refractivity contribution >= 4 is 0 Å². The van der Waals surface area contributed by atoms with Crippen LogP contribution < -0.4 is 5.32 Å². The quantitative estimate of drug-likeness (QED) is 0.654. The molecule has 3 unspecified atom stereocenters. The minimum atomic E-state index is -0.0306. The Morgan fingerprint density at radius 3 is 2.67 bits per heavy atom. The predicted molar refractivity (Wildman–Crippen MR) is 73.6 cm³/mol. The van der Waals surface area contributed by atoms with Crippen molar-refractivity contribution in [3.8, 4) is 0 Å². The summed E-state index contributed by atoms with van der Waals surface area (Å²) in [6.07, 6.45) is 9.84. The van der Waals surface area contributed by atoms with Gasteiger partial charge in [-0.2, -0.15) is 0 Å². The first-order chi connectivity index (χ1) is 8.81. The summed E-state index contributed by atoms with van der Waals surface area (Å²) >= 11 is 0. The van der Waals surface area contributed by atoms with Gasteiger partial charge in [-0.3, -0.25) is 0 Å². The number of ether oxygens (including phenoxy) is 1. The first-order valence-corrected chi connectivity index (χ1v) is 7.71. The summed E-state index contributed by atoms with van der Waals surface area (Å²) in [4.78, 5) is 0. The third-order valence-corrected chi connectivity index (χ3v) is 4.56. The summed E-state index contributed by atoms with van der Waals surface area (Å²) in [7, 11) is 1.79. The molecule has 0 saturated heterocycles. The monoisotopic (exact) mass is 255 g/mol. The second-order valence-corrected chi connectivity index (χ2v) is 6.11. The molecule has 2 aliphatic carbocycles. The zero-order valence-electron chi connectivity index (χ0n) is 11.7. The van der Waals surface area contributed by atoms with Crippen molar-refractivity contribution in [3.63, 3.8) is 0 Å². The van der Waals surface area contributed by atoms with Gasteiger partial charge in [0.2, 0.25) is 0 Å². The fourth-order valence-electron chi connectivity index (χ4n) is 3.22. The van der Waals surface area contributed by atoms with E-state index >= 15 is 0 Å². The molecule has 2 rings (SSSR count). The highest BCUT2D eigenvalue weighted by atomic mass is 16.5. The molecule has 0 spiro atoms. The van der Waals surface area contributed by atoms with Gasteiger partial charge in [0.05, 0.1) is 12.7 Å². The van der Waals surface area contributed by atoms with Crippen LogP contribution in [0.4, 0.5) is 0 Å². The Bertz CT molecular complexity index is 225. The molecular weight excluding hydrogens is 226 g/mol. The average molecular weight is 255 g/mol. The molecule has 3 atom stereocenters. The van der Waals surface area contributed by atoms with Gasteiger partial charge in [-0.05, 0) is 56.9 Å². The van der Waals surface area contributed by atoms with E-state index in [9.17, 15) is 5.11 Å². The van der Waals surface area contributed by atoms with E-state index in [-0.39, 0.29) is 6.10 Å². The van der Waals surface area contributed by atoms with Crippen molar-refractivity contribution in [2.24, 2.45) is 11.8 Å². The first kappa shape index (κ1) is 14.3. The zero-order valence-corrected chi connectivity index (χ0v) is 11.7. The van der Waals surface area contributed by atoms with Gasteiger partial charge >= 0.3 is 0 Å². The summed E-state index contributed by atoms with van der Waals surface area (Å²) in [5.74, 6) is 1.41. The van der Waals surface area contributed by atoms with Crippen LogP contribution in [-0.4, -0.2) is 37.5 Å². The highest BCUT2D eigenvalue weighted by Crippen LogP contribution is 2.33. The molecule has 2 aliphatic rings. The number of hydrogen-bond donors (Lipinski definition) is 2. The Kier molecular flexibility index (Phi) is 5.93. The lowest BCUT2D eigenvalue weighted by Gasteiger charge is -2.27. The van der Waals surface area contributed by atoms with E-state index in [0.29, 0.717) is 12.0 Å². The van der Waals surface area contributed by atoms with Crippen LogP contribution in [0.25, 0.3) is 0 Å². The standard InChI is InChI=1S/C15H29NO2/c1-18-11-14(12-8-9-12)16-10-4-6-13-5-2-3-7-15(13)17/h12-17H,2-11H2,1H3. The average Bonchev–Trinajstić information content (AvgIpc) is 3.19. The van der Waals surface area contributed by atoms with Gasteiger partial charge in [-0.1, -0.05) is 12.8 Å². The SMILES string of the molecule is COCC(NCCCC1CCCCC1O)C1CC1. The summed E-state index contributed by atoms with van der Waals surface area (Å²) in [6, 6.07) is 0.561. The van der Waals surface area contributed by atoms with E-state index in [0.717, 1.165) is 25.5 Å². The minimum Gasteiger partial charge on any atom is -0.393 e. The van der Waals surface area contributed by atoms with Crippen molar-refractivity contribution in [3.05, 3.63) is 0 Å². The van der Waals surface area contributed by atoms with Crippen LogP contribution >= 0.6 is 0 Å². The third kappa shape index (κ3) is 4.52. The molecule has 3 heteroatoms. The third-order valence-electron chi connectivity index (χ3n) is 4.56. The van der Waals surface area contributed by atoms with E-state index < -0.39 is 0 Å². The molecule has 0 heterocycles. The molecule has 0 aromatic heterocycles. The van der Waals surface area contributed by atoms with Crippen molar-refractivity contribution in [2.75, 3.05) is 20.3 Å². The van der Waals surface area contributed by atoms with Gasteiger partial charge < -0.3 is 15.2 Å². The molecule has 3 nitrogen and oxygen atoms in total. The van der Waals surface area contributed by atoms with E-state index in [1.165, 1.54) is 44.9 Å². The summed E-state index contributed by atoms with van der Waals surface area (Å²) in [6.45, 7) is 1.92. The summed E-state index contributed by atoms with van der Waals surface area (Å²) in [5.41, 5.74) is 0. The largest absolute Gasteiger partial charge is 0.393 e. The predicted octanol–water partition coefficient (Wildman–Crippen LogP) is 2.33. The normalized spacial score (nSPS) is 30.3. The lowest BCUT2D eigenvalue weighted by Crippen LogP contribution is -2.36. The number of hydrogen-bond acceptors (Lipinski definition) is 3. The number of aliphatic hydroxyl groups excluding tert-OH is 1. The van der Waals surface area contributed by atoms with Crippen LogP contribution in [-0.2, 0) is 4.74 Å². The number of rotatable bonds is 8. The topological polar surface area (TPSA) is 41.5 Å². The maximum atomic E-state index is 9.92. The van der Waals surface area contributed by atoms with Crippen molar-refractivity contribution in [2.45, 2.75) is 63.5 Å². The molecule has 0 aromatic rings. The highest BCUT2D eigenvalue weighted by molar-refractivity contribution is 4.86. The molecule has 2 saturated carbocycles. The Labute approximate surface area is 111 Å². The Morgan fingerprint density at radius 2 is 2.00 bits per heavy atom. The van der Waals surface area contributed by atoms with Gasteiger partial charge in [0.1, 0.15) is 0 Å². The number of aliphatic hydroxyl groups is 1. The second kappa shape index (κ2) is 7.46. The lowest BCUT2D eigenvalue weighted by atomic mass is 9.83. The summed E-state index contributed by atoms with van der Waals surface area (Å²) in [5, 5.41) is 13.5. The van der Waals surface area contributed by atoms with Crippen LogP contribution in [0.2, 0.25) is 0 Å². The van der Waals surface area contributed by atoms with Crippen LogP contribution in [0.3, 0.4) is 0 Å². The zero-order chi connectivity index (χ0) is 12.8. The van der Waals surface area contributed by atoms with Crippen LogP contribution in [0.1, 0.15) is 51.4 Å².